The minimum atomic E-state index is -0.189. The molecule has 1 saturated heterocycles. The number of carbonyl (C=O) groups excluding carboxylic acids is 1. The number of aromatic nitrogens is 4. The minimum Gasteiger partial charge on any atom is -0.378 e. The molecule has 0 bridgehead atoms. The second-order valence-electron chi connectivity index (χ2n) is 7.21. The van der Waals surface area contributed by atoms with Crippen LogP contribution in [0.1, 0.15) is 10.5 Å². The van der Waals surface area contributed by atoms with Gasteiger partial charge in [-0.15, -0.1) is 0 Å². The van der Waals surface area contributed by atoms with Crippen molar-refractivity contribution < 1.29 is 9.53 Å². The number of amides is 1. The standard InChI is InChI=1S/C20H25N7O2/c1-25(2)7-6-22-20(28)17-14-27-13-16(15-4-3-5-21-12-15)23-18(19(27)24-17)26-8-10-29-11-9-26/h3-5,12-14H,6-11H2,1-2H3,(H,22,28). The lowest BCUT2D eigenvalue weighted by Gasteiger charge is -2.28. The first-order valence-electron chi connectivity index (χ1n) is 9.67. The molecule has 0 aliphatic carbocycles. The second kappa shape index (κ2) is 8.54. The smallest absolute Gasteiger partial charge is 0.271 e. The van der Waals surface area contributed by atoms with Crippen molar-refractivity contribution >= 4 is 17.4 Å². The van der Waals surface area contributed by atoms with Gasteiger partial charge in [0.1, 0.15) is 5.69 Å². The molecule has 4 rings (SSSR count). The van der Waals surface area contributed by atoms with Gasteiger partial charge in [-0.3, -0.25) is 9.78 Å². The number of fused-ring (bicyclic) bond motifs is 1. The summed E-state index contributed by atoms with van der Waals surface area (Å²) in [5.74, 6) is 0.563. The summed E-state index contributed by atoms with van der Waals surface area (Å²) < 4.78 is 7.36. The Morgan fingerprint density at radius 3 is 2.79 bits per heavy atom. The Labute approximate surface area is 169 Å². The highest BCUT2D eigenvalue weighted by atomic mass is 16.5. The average Bonchev–Trinajstić information content (AvgIpc) is 3.18. The zero-order valence-corrected chi connectivity index (χ0v) is 16.7. The van der Waals surface area contributed by atoms with E-state index in [1.165, 1.54) is 0 Å². The molecule has 9 heteroatoms. The number of likely N-dealkylation sites (N-methyl/N-ethyl adjacent to an activating group) is 1. The van der Waals surface area contributed by atoms with Gasteiger partial charge in [0.05, 0.1) is 18.9 Å². The van der Waals surface area contributed by atoms with Crippen LogP contribution >= 0.6 is 0 Å². The lowest BCUT2D eigenvalue weighted by atomic mass is 10.2. The van der Waals surface area contributed by atoms with Gasteiger partial charge in [-0.1, -0.05) is 0 Å². The van der Waals surface area contributed by atoms with Crippen LogP contribution in [0.2, 0.25) is 0 Å². The SMILES string of the molecule is CN(C)CCNC(=O)c1cn2cc(-c3cccnc3)nc(N3CCOCC3)c2n1. The molecule has 1 fully saturated rings. The van der Waals surface area contributed by atoms with Crippen molar-refractivity contribution in [3.05, 3.63) is 42.6 Å². The number of imidazole rings is 1. The van der Waals surface area contributed by atoms with Gasteiger partial charge in [0.15, 0.2) is 11.5 Å². The Morgan fingerprint density at radius 1 is 1.24 bits per heavy atom. The third-order valence-corrected chi connectivity index (χ3v) is 4.77. The number of ether oxygens (including phenoxy) is 1. The van der Waals surface area contributed by atoms with Gasteiger partial charge >= 0.3 is 0 Å². The van der Waals surface area contributed by atoms with Gasteiger partial charge in [0, 0.05) is 56.5 Å². The van der Waals surface area contributed by atoms with Crippen molar-refractivity contribution in [3.63, 3.8) is 0 Å². The zero-order chi connectivity index (χ0) is 20.2. The Balaban J connectivity index is 1.71. The zero-order valence-electron chi connectivity index (χ0n) is 16.7. The second-order valence-corrected chi connectivity index (χ2v) is 7.21. The number of pyridine rings is 1. The van der Waals surface area contributed by atoms with Crippen LogP contribution in [0.3, 0.4) is 0 Å². The molecule has 152 valence electrons. The largest absolute Gasteiger partial charge is 0.378 e. The first-order valence-corrected chi connectivity index (χ1v) is 9.67. The number of hydrogen-bond donors (Lipinski definition) is 1. The van der Waals surface area contributed by atoms with Crippen molar-refractivity contribution in [1.29, 1.82) is 0 Å². The molecule has 3 aromatic rings. The first kappa shape index (κ1) is 19.3. The van der Waals surface area contributed by atoms with Crippen LogP contribution in [-0.4, -0.2) is 83.6 Å². The molecule has 4 heterocycles. The number of nitrogens with zero attached hydrogens (tertiary/aromatic N) is 6. The third kappa shape index (κ3) is 4.36. The summed E-state index contributed by atoms with van der Waals surface area (Å²) >= 11 is 0. The van der Waals surface area contributed by atoms with Gasteiger partial charge in [-0.05, 0) is 26.2 Å². The van der Waals surface area contributed by atoms with E-state index in [2.05, 4.69) is 20.2 Å². The van der Waals surface area contributed by atoms with Crippen LogP contribution in [0.15, 0.2) is 36.9 Å². The van der Waals surface area contributed by atoms with Crippen molar-refractivity contribution in [1.82, 2.24) is 29.6 Å². The molecule has 0 saturated carbocycles. The van der Waals surface area contributed by atoms with Crippen molar-refractivity contribution in [2.45, 2.75) is 0 Å². The van der Waals surface area contributed by atoms with E-state index in [-0.39, 0.29) is 5.91 Å². The third-order valence-electron chi connectivity index (χ3n) is 4.77. The molecular weight excluding hydrogens is 370 g/mol. The summed E-state index contributed by atoms with van der Waals surface area (Å²) in [5.41, 5.74) is 2.74. The van der Waals surface area contributed by atoms with E-state index in [9.17, 15) is 4.79 Å². The number of morpholine rings is 1. The van der Waals surface area contributed by atoms with E-state index in [0.29, 0.717) is 31.1 Å². The normalized spacial score (nSPS) is 14.5. The van der Waals surface area contributed by atoms with Gasteiger partial charge in [0.2, 0.25) is 0 Å². The molecule has 29 heavy (non-hydrogen) atoms. The van der Waals surface area contributed by atoms with E-state index >= 15 is 0 Å². The Bertz CT molecular complexity index is 981. The van der Waals surface area contributed by atoms with Gasteiger partial charge in [0.25, 0.3) is 5.91 Å². The molecule has 1 amide bonds. The van der Waals surface area contributed by atoms with Gasteiger partial charge in [-0.2, -0.15) is 0 Å². The van der Waals surface area contributed by atoms with E-state index in [4.69, 9.17) is 9.72 Å². The first-order chi connectivity index (χ1) is 14.1. The van der Waals surface area contributed by atoms with Gasteiger partial charge < -0.3 is 24.3 Å². The quantitative estimate of drug-likeness (QED) is 0.664. The summed E-state index contributed by atoms with van der Waals surface area (Å²) in [7, 11) is 3.94. The van der Waals surface area contributed by atoms with Crippen LogP contribution < -0.4 is 10.2 Å². The highest BCUT2D eigenvalue weighted by molar-refractivity contribution is 5.93. The van der Waals surface area contributed by atoms with Crippen LogP contribution in [0, 0.1) is 0 Å². The van der Waals surface area contributed by atoms with Gasteiger partial charge in [-0.25, -0.2) is 9.97 Å². The van der Waals surface area contributed by atoms with Crippen molar-refractivity contribution in [2.24, 2.45) is 0 Å². The number of hydrogen-bond acceptors (Lipinski definition) is 7. The Kier molecular flexibility index (Phi) is 5.68. The highest BCUT2D eigenvalue weighted by Crippen LogP contribution is 2.25. The highest BCUT2D eigenvalue weighted by Gasteiger charge is 2.21. The summed E-state index contributed by atoms with van der Waals surface area (Å²) in [5, 5.41) is 2.92. The Morgan fingerprint density at radius 2 is 2.07 bits per heavy atom. The molecule has 1 aliphatic rings. The summed E-state index contributed by atoms with van der Waals surface area (Å²) in [6, 6.07) is 3.85. The van der Waals surface area contributed by atoms with Crippen LogP contribution in [0.5, 0.6) is 0 Å². The summed E-state index contributed by atoms with van der Waals surface area (Å²) in [6.45, 7) is 4.08. The lowest BCUT2D eigenvalue weighted by Crippen LogP contribution is -2.37. The molecule has 0 unspecified atom stereocenters. The molecule has 0 atom stereocenters. The monoisotopic (exact) mass is 395 g/mol. The molecule has 1 aliphatic heterocycles. The van der Waals surface area contributed by atoms with Crippen LogP contribution in [0.4, 0.5) is 5.82 Å². The number of rotatable bonds is 6. The fourth-order valence-corrected chi connectivity index (χ4v) is 3.22. The number of anilines is 1. The maximum Gasteiger partial charge on any atom is 0.271 e. The lowest BCUT2D eigenvalue weighted by molar-refractivity contribution is 0.0946. The van der Waals surface area contributed by atoms with E-state index < -0.39 is 0 Å². The van der Waals surface area contributed by atoms with E-state index in [1.807, 2.05) is 41.7 Å². The molecule has 0 aromatic carbocycles. The fourth-order valence-electron chi connectivity index (χ4n) is 3.22. The van der Waals surface area contributed by atoms with Crippen LogP contribution in [-0.2, 0) is 4.74 Å². The molecular formula is C20H25N7O2. The molecule has 0 radical (unpaired) electrons. The van der Waals surface area contributed by atoms with Crippen LogP contribution in [0.25, 0.3) is 16.9 Å². The number of carbonyl (C=O) groups is 1. The average molecular weight is 395 g/mol. The maximum absolute atomic E-state index is 12.6. The van der Waals surface area contributed by atoms with Crippen molar-refractivity contribution in [2.75, 3.05) is 58.4 Å². The molecule has 1 N–H and O–H groups in total. The molecule has 0 spiro atoms. The Hall–Kier alpha value is -3.04. The summed E-state index contributed by atoms with van der Waals surface area (Å²) in [6.07, 6.45) is 7.16. The maximum atomic E-state index is 12.6. The van der Waals surface area contributed by atoms with E-state index in [0.717, 1.165) is 36.7 Å². The predicted molar refractivity (Wildman–Crippen MR) is 110 cm³/mol. The summed E-state index contributed by atoms with van der Waals surface area (Å²) in [4.78, 5) is 30.4. The fraction of sp³-hybridized carbons (Fsp3) is 0.400. The molecule has 3 aromatic heterocycles. The number of nitrogens with one attached hydrogen (secondary N) is 1. The molecule has 9 nitrogen and oxygen atoms in total. The topological polar surface area (TPSA) is 87.9 Å². The minimum absolute atomic E-state index is 0.189. The predicted octanol–water partition coefficient (Wildman–Crippen LogP) is 0.919. The van der Waals surface area contributed by atoms with E-state index in [1.54, 1.807) is 18.6 Å². The van der Waals surface area contributed by atoms with Crippen molar-refractivity contribution in [3.8, 4) is 11.3 Å².